The van der Waals surface area contributed by atoms with Crippen LogP contribution < -0.4 is 5.32 Å². The van der Waals surface area contributed by atoms with Crippen LogP contribution in [0.4, 0.5) is 10.5 Å². The quantitative estimate of drug-likeness (QED) is 0.391. The molecule has 1 heterocycles. The van der Waals surface area contributed by atoms with Crippen LogP contribution in [0.5, 0.6) is 0 Å². The number of likely N-dealkylation sites (tertiary alicyclic amines) is 1. The Bertz CT molecular complexity index is 1320. The largest absolute Gasteiger partial charge is 0.453 e. The molecule has 1 fully saturated rings. The number of hydrogen-bond acceptors (Lipinski definition) is 5. The van der Waals surface area contributed by atoms with Gasteiger partial charge < -0.3 is 4.74 Å². The first-order chi connectivity index (χ1) is 17.2. The average molecular weight is 527 g/mol. The number of carbonyl (C=O) groups excluding carboxylic acids is 1. The van der Waals surface area contributed by atoms with E-state index in [9.17, 15) is 13.2 Å². The smallest absolute Gasteiger partial charge is 0.411 e. The van der Waals surface area contributed by atoms with Gasteiger partial charge in [-0.2, -0.15) is 0 Å². The molecule has 3 aromatic carbocycles. The zero-order chi connectivity index (χ0) is 25.9. The number of amides is 1. The summed E-state index contributed by atoms with van der Waals surface area (Å²) < 4.78 is 30.6. The summed E-state index contributed by atoms with van der Waals surface area (Å²) in [5, 5.41) is 3.26. The van der Waals surface area contributed by atoms with Crippen LogP contribution in [0.3, 0.4) is 0 Å². The first kappa shape index (κ1) is 26.2. The highest BCUT2D eigenvalue weighted by atomic mass is 35.5. The molecule has 190 valence electrons. The number of piperidine rings is 1. The van der Waals surface area contributed by atoms with Gasteiger partial charge in [0.1, 0.15) is 0 Å². The molecule has 1 aliphatic rings. The molecule has 0 aromatic heterocycles. The summed E-state index contributed by atoms with van der Waals surface area (Å²) >= 11 is 5.90. The number of halogens is 1. The number of anilines is 1. The van der Waals surface area contributed by atoms with Gasteiger partial charge in [0, 0.05) is 16.8 Å². The Morgan fingerprint density at radius 2 is 1.58 bits per heavy atom. The highest BCUT2D eigenvalue weighted by molar-refractivity contribution is 7.91. The summed E-state index contributed by atoms with van der Waals surface area (Å²) in [7, 11) is -2.23. The van der Waals surface area contributed by atoms with Crippen molar-refractivity contribution in [2.24, 2.45) is 0 Å². The summed E-state index contributed by atoms with van der Waals surface area (Å²) in [6.45, 7) is 6.14. The normalized spacial score (nSPS) is 15.9. The lowest BCUT2D eigenvalue weighted by Gasteiger charge is -2.37. The van der Waals surface area contributed by atoms with Crippen molar-refractivity contribution >= 4 is 33.2 Å². The number of nitrogens with one attached hydrogen (secondary N) is 1. The summed E-state index contributed by atoms with van der Waals surface area (Å²) in [6, 6.07) is 19.6. The predicted molar refractivity (Wildman–Crippen MR) is 143 cm³/mol. The number of aryl methyl sites for hydroxylation is 1. The van der Waals surface area contributed by atoms with E-state index in [4.69, 9.17) is 16.3 Å². The van der Waals surface area contributed by atoms with Crippen LogP contribution in [-0.4, -0.2) is 39.6 Å². The van der Waals surface area contributed by atoms with Gasteiger partial charge in [-0.05, 0) is 111 Å². The molecule has 8 heteroatoms. The Labute approximate surface area is 218 Å². The van der Waals surface area contributed by atoms with E-state index in [0.29, 0.717) is 10.9 Å². The van der Waals surface area contributed by atoms with E-state index in [0.717, 1.165) is 37.2 Å². The number of methoxy groups -OCH3 is 1. The molecule has 0 saturated carbocycles. The molecule has 1 amide bonds. The van der Waals surface area contributed by atoms with Crippen molar-refractivity contribution in [3.05, 3.63) is 88.4 Å². The maximum atomic E-state index is 12.9. The molecule has 1 unspecified atom stereocenters. The van der Waals surface area contributed by atoms with Crippen molar-refractivity contribution in [1.82, 2.24) is 4.90 Å². The Morgan fingerprint density at radius 1 is 1.00 bits per heavy atom. The van der Waals surface area contributed by atoms with Gasteiger partial charge in [-0.1, -0.05) is 29.8 Å². The lowest BCUT2D eigenvalue weighted by molar-refractivity contribution is 0.162. The zero-order valence-electron chi connectivity index (χ0n) is 20.7. The fraction of sp³-hybridized carbons (Fsp3) is 0.321. The molecule has 1 saturated heterocycles. The van der Waals surface area contributed by atoms with Gasteiger partial charge in [0.05, 0.1) is 16.9 Å². The van der Waals surface area contributed by atoms with E-state index in [1.54, 1.807) is 24.3 Å². The van der Waals surface area contributed by atoms with Crippen LogP contribution in [0.25, 0.3) is 0 Å². The fourth-order valence-corrected chi connectivity index (χ4v) is 6.20. The van der Waals surface area contributed by atoms with E-state index in [2.05, 4.69) is 30.1 Å². The van der Waals surface area contributed by atoms with E-state index >= 15 is 0 Å². The molecule has 0 radical (unpaired) electrons. The van der Waals surface area contributed by atoms with Gasteiger partial charge in [-0.25, -0.2) is 13.2 Å². The van der Waals surface area contributed by atoms with Gasteiger partial charge in [0.15, 0.2) is 0 Å². The van der Waals surface area contributed by atoms with Gasteiger partial charge >= 0.3 is 6.09 Å². The van der Waals surface area contributed by atoms with Crippen LogP contribution in [0.1, 0.15) is 48.4 Å². The molecule has 6 nitrogen and oxygen atoms in total. The van der Waals surface area contributed by atoms with Crippen molar-refractivity contribution in [3.63, 3.8) is 0 Å². The molecule has 0 bridgehead atoms. The van der Waals surface area contributed by atoms with E-state index in [1.165, 1.54) is 30.4 Å². The maximum absolute atomic E-state index is 12.9. The van der Waals surface area contributed by atoms with Gasteiger partial charge in [0.2, 0.25) is 9.84 Å². The number of rotatable bonds is 6. The number of ether oxygens (including phenoxy) is 1. The summed E-state index contributed by atoms with van der Waals surface area (Å²) in [5.41, 5.74) is 4.30. The van der Waals surface area contributed by atoms with Crippen LogP contribution in [0.15, 0.2) is 76.5 Å². The van der Waals surface area contributed by atoms with Crippen LogP contribution in [0, 0.1) is 6.92 Å². The third-order valence-corrected chi connectivity index (χ3v) is 9.06. The van der Waals surface area contributed by atoms with Crippen molar-refractivity contribution in [2.75, 3.05) is 25.5 Å². The number of carbonyl (C=O) groups is 1. The standard InChI is InChI=1S/C28H31ClN2O4S/c1-19-4-9-24(30-28(32)35-3)18-27(19)22-14-16-31(17-15-22)20(2)21-5-10-25(11-6-21)36(33,34)26-12-7-23(29)8-13-26/h4-13,18,20,22H,14-17H2,1-3H3,(H,30,32). The summed E-state index contributed by atoms with van der Waals surface area (Å²) in [4.78, 5) is 14.5. The van der Waals surface area contributed by atoms with Gasteiger partial charge in [0.25, 0.3) is 0 Å². The van der Waals surface area contributed by atoms with E-state index in [-0.39, 0.29) is 15.8 Å². The predicted octanol–water partition coefficient (Wildman–Crippen LogP) is 6.60. The van der Waals surface area contributed by atoms with Crippen molar-refractivity contribution in [3.8, 4) is 0 Å². The summed E-state index contributed by atoms with van der Waals surface area (Å²) in [5.74, 6) is 0.416. The SMILES string of the molecule is COC(=O)Nc1ccc(C)c(C2CCN(C(C)c3ccc(S(=O)(=O)c4ccc(Cl)cc4)cc3)CC2)c1. The Balaban J connectivity index is 1.41. The maximum Gasteiger partial charge on any atom is 0.411 e. The fourth-order valence-electron chi connectivity index (χ4n) is 4.81. The molecular weight excluding hydrogens is 496 g/mol. The third kappa shape index (κ3) is 5.75. The zero-order valence-corrected chi connectivity index (χ0v) is 22.3. The van der Waals surface area contributed by atoms with Gasteiger partial charge in [-0.15, -0.1) is 0 Å². The molecule has 1 aliphatic heterocycles. The molecular formula is C28H31ClN2O4S. The Morgan fingerprint density at radius 3 is 2.17 bits per heavy atom. The minimum Gasteiger partial charge on any atom is -0.453 e. The topological polar surface area (TPSA) is 75.7 Å². The van der Waals surface area contributed by atoms with Crippen LogP contribution in [0.2, 0.25) is 5.02 Å². The second-order valence-electron chi connectivity index (χ2n) is 9.20. The van der Waals surface area contributed by atoms with Crippen LogP contribution in [-0.2, 0) is 14.6 Å². The van der Waals surface area contributed by atoms with Crippen molar-refractivity contribution in [1.29, 1.82) is 0 Å². The molecule has 36 heavy (non-hydrogen) atoms. The van der Waals surface area contributed by atoms with Gasteiger partial charge in [-0.3, -0.25) is 10.2 Å². The molecule has 1 N–H and O–H groups in total. The van der Waals surface area contributed by atoms with E-state index < -0.39 is 15.9 Å². The highest BCUT2D eigenvalue weighted by Gasteiger charge is 2.26. The molecule has 0 spiro atoms. The number of sulfone groups is 1. The summed E-state index contributed by atoms with van der Waals surface area (Å²) in [6.07, 6.45) is 1.55. The molecule has 0 aliphatic carbocycles. The number of benzene rings is 3. The molecule has 3 aromatic rings. The second kappa shape index (κ2) is 11.0. The van der Waals surface area contributed by atoms with E-state index in [1.807, 2.05) is 24.3 Å². The lowest BCUT2D eigenvalue weighted by Crippen LogP contribution is -2.35. The van der Waals surface area contributed by atoms with Crippen molar-refractivity contribution < 1.29 is 17.9 Å². The number of hydrogen-bond donors (Lipinski definition) is 1. The molecule has 1 atom stereocenters. The lowest BCUT2D eigenvalue weighted by atomic mass is 9.86. The monoisotopic (exact) mass is 526 g/mol. The highest BCUT2D eigenvalue weighted by Crippen LogP contribution is 2.35. The number of nitrogens with zero attached hydrogens (tertiary/aromatic N) is 1. The Kier molecular flexibility index (Phi) is 8.03. The second-order valence-corrected chi connectivity index (χ2v) is 11.6. The first-order valence-electron chi connectivity index (χ1n) is 12.0. The van der Waals surface area contributed by atoms with Crippen molar-refractivity contribution in [2.45, 2.75) is 48.4 Å². The molecule has 4 rings (SSSR count). The Hall–Kier alpha value is -2.87. The third-order valence-electron chi connectivity index (χ3n) is 7.02. The minimum atomic E-state index is -3.58. The first-order valence-corrected chi connectivity index (χ1v) is 13.9. The average Bonchev–Trinajstić information content (AvgIpc) is 2.89. The minimum absolute atomic E-state index is 0.173. The van der Waals surface area contributed by atoms with Crippen LogP contribution >= 0.6 is 11.6 Å².